The number of hydrogen-bond donors (Lipinski definition) is 0. The molecule has 3 heteroatoms. The first-order valence-corrected chi connectivity index (χ1v) is 5.80. The van der Waals surface area contributed by atoms with E-state index in [1.54, 1.807) is 12.1 Å². The third kappa shape index (κ3) is 4.30. The van der Waals surface area contributed by atoms with Gasteiger partial charge in [0.2, 0.25) is 0 Å². The van der Waals surface area contributed by atoms with Crippen LogP contribution >= 0.6 is 15.9 Å². The zero-order chi connectivity index (χ0) is 11.1. The van der Waals surface area contributed by atoms with Crippen molar-refractivity contribution in [3.63, 3.8) is 0 Å². The monoisotopic (exact) mass is 268 g/mol. The van der Waals surface area contributed by atoms with Gasteiger partial charge in [0, 0.05) is 5.33 Å². The Balaban J connectivity index is 2.44. The summed E-state index contributed by atoms with van der Waals surface area (Å²) in [6.07, 6.45) is 1.88. The van der Waals surface area contributed by atoms with Gasteiger partial charge in [0.25, 0.3) is 0 Å². The third-order valence-corrected chi connectivity index (χ3v) is 2.75. The topological polar surface area (TPSA) is 26.3 Å². The Morgan fingerprint density at radius 3 is 2.67 bits per heavy atom. The van der Waals surface area contributed by atoms with Crippen LogP contribution in [0.25, 0.3) is 0 Å². The van der Waals surface area contributed by atoms with Crippen LogP contribution in [0.5, 0.6) is 0 Å². The van der Waals surface area contributed by atoms with Crippen LogP contribution in [0, 0.1) is 0 Å². The number of hydrogen-bond acceptors (Lipinski definition) is 2. The van der Waals surface area contributed by atoms with Crippen LogP contribution in [0.15, 0.2) is 42.0 Å². The van der Waals surface area contributed by atoms with Gasteiger partial charge in [-0.3, -0.25) is 0 Å². The lowest BCUT2D eigenvalue weighted by atomic mass is 10.2. The van der Waals surface area contributed by atoms with Crippen molar-refractivity contribution in [3.8, 4) is 0 Å². The van der Waals surface area contributed by atoms with E-state index in [1.807, 2.05) is 31.2 Å². The second kappa shape index (κ2) is 6.40. The van der Waals surface area contributed by atoms with Gasteiger partial charge in [-0.05, 0) is 25.1 Å². The Morgan fingerprint density at radius 2 is 2.07 bits per heavy atom. The Hall–Kier alpha value is -1.09. The summed E-state index contributed by atoms with van der Waals surface area (Å²) in [7, 11) is 0. The fourth-order valence-electron chi connectivity index (χ4n) is 0.972. The Labute approximate surface area is 98.1 Å². The quantitative estimate of drug-likeness (QED) is 0.476. The summed E-state index contributed by atoms with van der Waals surface area (Å²) < 4.78 is 5.06. The number of carbonyl (C=O) groups excluding carboxylic acids is 1. The smallest absolute Gasteiger partial charge is 0.338 e. The molecule has 80 valence electrons. The number of esters is 1. The number of halogens is 1. The maximum atomic E-state index is 11.5. The minimum Gasteiger partial charge on any atom is -0.458 e. The predicted molar refractivity (Wildman–Crippen MR) is 64.3 cm³/mol. The van der Waals surface area contributed by atoms with Gasteiger partial charge in [0.15, 0.2) is 0 Å². The molecule has 0 aliphatic rings. The first kappa shape index (κ1) is 12.0. The molecule has 15 heavy (non-hydrogen) atoms. The number of alkyl halides is 1. The SMILES string of the molecule is CC(=CCOC(=O)c1ccccc1)CBr. The van der Waals surface area contributed by atoms with Crippen molar-refractivity contribution in [1.82, 2.24) is 0 Å². The van der Waals surface area contributed by atoms with Crippen molar-refractivity contribution in [1.29, 1.82) is 0 Å². The Bertz CT molecular complexity index is 344. The molecule has 0 fully saturated rings. The molecule has 1 rings (SSSR count). The second-order valence-corrected chi connectivity index (χ2v) is 3.71. The second-order valence-electron chi connectivity index (χ2n) is 3.15. The van der Waals surface area contributed by atoms with Gasteiger partial charge in [0.1, 0.15) is 6.61 Å². The van der Waals surface area contributed by atoms with E-state index in [1.165, 1.54) is 0 Å². The van der Waals surface area contributed by atoms with Crippen LogP contribution in [0.1, 0.15) is 17.3 Å². The zero-order valence-corrected chi connectivity index (χ0v) is 10.2. The van der Waals surface area contributed by atoms with E-state index in [0.717, 1.165) is 10.9 Å². The van der Waals surface area contributed by atoms with Gasteiger partial charge < -0.3 is 4.74 Å². The molecule has 1 aromatic rings. The van der Waals surface area contributed by atoms with Gasteiger partial charge in [0.05, 0.1) is 5.56 Å². The van der Waals surface area contributed by atoms with E-state index >= 15 is 0 Å². The average molecular weight is 269 g/mol. The predicted octanol–water partition coefficient (Wildman–Crippen LogP) is 3.18. The summed E-state index contributed by atoms with van der Waals surface area (Å²) in [5.74, 6) is -0.283. The van der Waals surface area contributed by atoms with Crippen molar-refractivity contribution >= 4 is 21.9 Å². The van der Waals surface area contributed by atoms with Crippen LogP contribution in [0.3, 0.4) is 0 Å². The van der Waals surface area contributed by atoms with Gasteiger partial charge in [-0.15, -0.1) is 0 Å². The van der Waals surface area contributed by atoms with E-state index in [9.17, 15) is 4.79 Å². The number of rotatable bonds is 4. The summed E-state index contributed by atoms with van der Waals surface area (Å²) in [5.41, 5.74) is 1.73. The number of carbonyl (C=O) groups is 1. The summed E-state index contributed by atoms with van der Waals surface area (Å²) in [4.78, 5) is 11.5. The normalized spacial score (nSPS) is 11.2. The molecule has 0 saturated carbocycles. The molecule has 0 radical (unpaired) electrons. The van der Waals surface area contributed by atoms with Crippen molar-refractivity contribution in [3.05, 3.63) is 47.5 Å². The molecule has 0 N–H and O–H groups in total. The molecule has 0 aromatic heterocycles. The summed E-state index contributed by atoms with van der Waals surface area (Å²) in [6, 6.07) is 8.98. The molecule has 0 aliphatic carbocycles. The van der Waals surface area contributed by atoms with E-state index in [0.29, 0.717) is 12.2 Å². The van der Waals surface area contributed by atoms with Gasteiger partial charge in [-0.2, -0.15) is 0 Å². The minimum absolute atomic E-state index is 0.283. The van der Waals surface area contributed by atoms with Gasteiger partial charge >= 0.3 is 5.97 Å². The van der Waals surface area contributed by atoms with Crippen LogP contribution < -0.4 is 0 Å². The molecule has 0 heterocycles. The highest BCUT2D eigenvalue weighted by Crippen LogP contribution is 2.02. The molecular weight excluding hydrogens is 256 g/mol. The van der Waals surface area contributed by atoms with E-state index in [2.05, 4.69) is 15.9 Å². The lowest BCUT2D eigenvalue weighted by Crippen LogP contribution is -2.05. The first-order chi connectivity index (χ1) is 7.24. The molecule has 0 unspecified atom stereocenters. The number of benzene rings is 1. The van der Waals surface area contributed by atoms with Crippen LogP contribution in [-0.2, 0) is 4.74 Å². The maximum Gasteiger partial charge on any atom is 0.338 e. The fraction of sp³-hybridized carbons (Fsp3) is 0.250. The van der Waals surface area contributed by atoms with Crippen LogP contribution in [-0.4, -0.2) is 17.9 Å². The molecule has 0 saturated heterocycles. The van der Waals surface area contributed by atoms with Crippen LogP contribution in [0.2, 0.25) is 0 Å². The summed E-state index contributed by atoms with van der Waals surface area (Å²) in [5, 5.41) is 0.801. The number of ether oxygens (including phenoxy) is 1. The molecule has 0 atom stereocenters. The lowest BCUT2D eigenvalue weighted by molar-refractivity contribution is 0.0549. The highest BCUT2D eigenvalue weighted by Gasteiger charge is 2.03. The van der Waals surface area contributed by atoms with Crippen molar-refractivity contribution in [2.24, 2.45) is 0 Å². The molecule has 0 amide bonds. The van der Waals surface area contributed by atoms with E-state index in [-0.39, 0.29) is 5.97 Å². The molecule has 0 bridgehead atoms. The largest absolute Gasteiger partial charge is 0.458 e. The van der Waals surface area contributed by atoms with Crippen molar-refractivity contribution in [2.45, 2.75) is 6.92 Å². The van der Waals surface area contributed by atoms with Crippen molar-refractivity contribution < 1.29 is 9.53 Å². The van der Waals surface area contributed by atoms with Crippen LogP contribution in [0.4, 0.5) is 0 Å². The maximum absolute atomic E-state index is 11.5. The van der Waals surface area contributed by atoms with E-state index < -0.39 is 0 Å². The minimum atomic E-state index is -0.283. The standard InChI is InChI=1S/C12H13BrO2/c1-10(9-13)7-8-15-12(14)11-5-3-2-4-6-11/h2-7H,8-9H2,1H3. The molecule has 1 aromatic carbocycles. The van der Waals surface area contributed by atoms with E-state index in [4.69, 9.17) is 4.74 Å². The zero-order valence-electron chi connectivity index (χ0n) is 8.57. The first-order valence-electron chi connectivity index (χ1n) is 4.68. The summed E-state index contributed by atoms with van der Waals surface area (Å²) >= 11 is 3.32. The molecule has 0 spiro atoms. The van der Waals surface area contributed by atoms with Gasteiger partial charge in [-0.1, -0.05) is 39.7 Å². The fourth-order valence-corrected chi connectivity index (χ4v) is 1.20. The average Bonchev–Trinajstić information content (AvgIpc) is 2.29. The highest BCUT2D eigenvalue weighted by molar-refractivity contribution is 9.09. The summed E-state index contributed by atoms with van der Waals surface area (Å²) in [6.45, 7) is 2.30. The van der Waals surface area contributed by atoms with Crippen molar-refractivity contribution in [2.75, 3.05) is 11.9 Å². The lowest BCUT2D eigenvalue weighted by Gasteiger charge is -2.01. The molecular formula is C12H13BrO2. The molecule has 2 nitrogen and oxygen atoms in total. The third-order valence-electron chi connectivity index (χ3n) is 1.87. The molecule has 0 aliphatic heterocycles. The Kier molecular flexibility index (Phi) is 5.12. The Morgan fingerprint density at radius 1 is 1.40 bits per heavy atom. The number of allylic oxidation sites excluding steroid dienone is 1. The highest BCUT2D eigenvalue weighted by atomic mass is 79.9. The van der Waals surface area contributed by atoms with Gasteiger partial charge in [-0.25, -0.2) is 4.79 Å².